The van der Waals surface area contributed by atoms with Crippen molar-refractivity contribution in [3.8, 4) is 34.8 Å². The van der Waals surface area contributed by atoms with Crippen molar-refractivity contribution in [2.24, 2.45) is 0 Å². The summed E-state index contributed by atoms with van der Waals surface area (Å²) in [7, 11) is 2.76. The molecule has 9 heteroatoms. The van der Waals surface area contributed by atoms with Crippen LogP contribution < -0.4 is 20.8 Å². The SMILES string of the molecule is COc1cc(Cl)c(-c2c(C#N)c(N)[nH]c(=O)c2C#N)c(Cl)c1OC. The van der Waals surface area contributed by atoms with E-state index in [4.69, 9.17) is 38.4 Å². The van der Waals surface area contributed by atoms with Gasteiger partial charge in [0.15, 0.2) is 11.5 Å². The molecule has 0 unspecified atom stereocenters. The Morgan fingerprint density at radius 1 is 1.12 bits per heavy atom. The molecule has 0 aliphatic heterocycles. The van der Waals surface area contributed by atoms with Crippen LogP contribution in [0, 0.1) is 22.7 Å². The second-order valence-corrected chi connectivity index (χ2v) is 5.28. The van der Waals surface area contributed by atoms with E-state index in [1.807, 2.05) is 6.07 Å². The van der Waals surface area contributed by atoms with Gasteiger partial charge in [0, 0.05) is 17.2 Å². The zero-order valence-corrected chi connectivity index (χ0v) is 14.0. The lowest BCUT2D eigenvalue weighted by Crippen LogP contribution is -2.16. The van der Waals surface area contributed by atoms with Gasteiger partial charge in [-0.25, -0.2) is 0 Å². The maximum atomic E-state index is 12.0. The first-order valence-electron chi connectivity index (χ1n) is 6.37. The zero-order chi connectivity index (χ0) is 18.0. The smallest absolute Gasteiger partial charge is 0.268 e. The van der Waals surface area contributed by atoms with E-state index < -0.39 is 5.56 Å². The summed E-state index contributed by atoms with van der Waals surface area (Å²) in [6.07, 6.45) is 0. The molecule has 0 saturated heterocycles. The molecule has 0 fully saturated rings. The third-order valence-corrected chi connectivity index (χ3v) is 3.94. The lowest BCUT2D eigenvalue weighted by atomic mass is 9.96. The van der Waals surface area contributed by atoms with Crippen LogP contribution in [0.4, 0.5) is 5.82 Å². The van der Waals surface area contributed by atoms with Crippen LogP contribution in [0.25, 0.3) is 11.1 Å². The number of nitrogen functional groups attached to an aromatic ring is 1. The summed E-state index contributed by atoms with van der Waals surface area (Å²) in [5.41, 5.74) is 4.50. The molecule has 1 aromatic carbocycles. The number of nitrogens with zero attached hydrogens (tertiary/aromatic N) is 2. The normalized spacial score (nSPS) is 9.92. The molecule has 1 aromatic heterocycles. The molecule has 2 aromatic rings. The highest BCUT2D eigenvalue weighted by atomic mass is 35.5. The van der Waals surface area contributed by atoms with Crippen LogP contribution in [0.3, 0.4) is 0 Å². The van der Waals surface area contributed by atoms with Crippen molar-refractivity contribution >= 4 is 29.0 Å². The lowest BCUT2D eigenvalue weighted by molar-refractivity contribution is 0.355. The van der Waals surface area contributed by atoms with Crippen LogP contribution in [0.1, 0.15) is 11.1 Å². The third-order valence-electron chi connectivity index (χ3n) is 3.28. The van der Waals surface area contributed by atoms with Crippen LogP contribution >= 0.6 is 23.2 Å². The average molecular weight is 365 g/mol. The number of halogens is 2. The third kappa shape index (κ3) is 2.61. The number of ether oxygens (including phenoxy) is 2. The Labute approximate surface area is 146 Å². The summed E-state index contributed by atoms with van der Waals surface area (Å²) in [5.74, 6) is 0.203. The molecule has 0 spiro atoms. The first kappa shape index (κ1) is 17.5. The summed E-state index contributed by atoms with van der Waals surface area (Å²) in [6, 6.07) is 5.00. The average Bonchev–Trinajstić information content (AvgIpc) is 2.54. The van der Waals surface area contributed by atoms with Crippen molar-refractivity contribution in [2.45, 2.75) is 0 Å². The van der Waals surface area contributed by atoms with Crippen molar-refractivity contribution in [2.75, 3.05) is 20.0 Å². The standard InChI is InChI=1S/C15H10Cl2N4O3/c1-23-9-3-8(16)11(12(17)13(9)24-2)10-6(4-18)14(20)21-15(22)7(10)5-19/h3H,1-2H3,(H3,20,21,22). The Bertz CT molecular complexity index is 971. The first-order valence-corrected chi connectivity index (χ1v) is 7.13. The molecule has 0 radical (unpaired) electrons. The van der Waals surface area contributed by atoms with Gasteiger partial charge in [0.1, 0.15) is 29.1 Å². The predicted octanol–water partition coefficient (Wildman–Crippen LogP) is 2.69. The fourth-order valence-electron chi connectivity index (χ4n) is 2.24. The van der Waals surface area contributed by atoms with E-state index in [1.165, 1.54) is 20.3 Å². The topological polar surface area (TPSA) is 125 Å². The molecule has 122 valence electrons. The minimum Gasteiger partial charge on any atom is -0.493 e. The van der Waals surface area contributed by atoms with Gasteiger partial charge in [0.2, 0.25) is 0 Å². The van der Waals surface area contributed by atoms with Crippen molar-refractivity contribution in [3.63, 3.8) is 0 Å². The van der Waals surface area contributed by atoms with Gasteiger partial charge in [0.05, 0.1) is 24.3 Å². The molecule has 3 N–H and O–H groups in total. The fraction of sp³-hybridized carbons (Fsp3) is 0.133. The second-order valence-electron chi connectivity index (χ2n) is 4.50. The van der Waals surface area contributed by atoms with Gasteiger partial charge in [-0.2, -0.15) is 10.5 Å². The van der Waals surface area contributed by atoms with Crippen LogP contribution in [-0.2, 0) is 0 Å². The van der Waals surface area contributed by atoms with E-state index in [-0.39, 0.29) is 49.6 Å². The summed E-state index contributed by atoms with van der Waals surface area (Å²) in [4.78, 5) is 14.3. The van der Waals surface area contributed by atoms with E-state index in [9.17, 15) is 15.3 Å². The Morgan fingerprint density at radius 2 is 1.75 bits per heavy atom. The van der Waals surface area contributed by atoms with E-state index >= 15 is 0 Å². The van der Waals surface area contributed by atoms with Gasteiger partial charge in [-0.1, -0.05) is 23.2 Å². The van der Waals surface area contributed by atoms with Crippen LogP contribution in [0.2, 0.25) is 10.0 Å². The van der Waals surface area contributed by atoms with E-state index in [2.05, 4.69) is 4.98 Å². The minimum absolute atomic E-state index is 0.0140. The fourth-order valence-corrected chi connectivity index (χ4v) is 2.95. The van der Waals surface area contributed by atoms with Crippen molar-refractivity contribution in [1.82, 2.24) is 4.98 Å². The number of hydrogen-bond donors (Lipinski definition) is 2. The monoisotopic (exact) mass is 364 g/mol. The van der Waals surface area contributed by atoms with Gasteiger partial charge >= 0.3 is 0 Å². The maximum Gasteiger partial charge on any atom is 0.268 e. The molecule has 0 aliphatic carbocycles. The Kier molecular flexibility index (Phi) is 4.89. The quantitative estimate of drug-likeness (QED) is 0.862. The Morgan fingerprint density at radius 3 is 2.25 bits per heavy atom. The second kappa shape index (κ2) is 6.71. The number of anilines is 1. The van der Waals surface area contributed by atoms with E-state index in [0.717, 1.165) is 0 Å². The molecular formula is C15H10Cl2N4O3. The molecular weight excluding hydrogens is 355 g/mol. The molecule has 2 rings (SSSR count). The highest BCUT2D eigenvalue weighted by molar-refractivity contribution is 6.40. The zero-order valence-electron chi connectivity index (χ0n) is 12.5. The Balaban J connectivity index is 3.07. The number of nitriles is 2. The number of methoxy groups -OCH3 is 2. The number of benzene rings is 1. The molecule has 0 atom stereocenters. The van der Waals surface area contributed by atoms with Gasteiger partial charge < -0.3 is 20.2 Å². The number of nitrogens with one attached hydrogen (secondary N) is 1. The predicted molar refractivity (Wildman–Crippen MR) is 89.5 cm³/mol. The van der Waals surface area contributed by atoms with Gasteiger partial charge in [-0.05, 0) is 0 Å². The van der Waals surface area contributed by atoms with Crippen LogP contribution in [0.5, 0.6) is 11.5 Å². The number of H-pyrrole nitrogens is 1. The van der Waals surface area contributed by atoms with Gasteiger partial charge in [-0.3, -0.25) is 4.79 Å². The number of hydrogen-bond acceptors (Lipinski definition) is 6. The molecule has 1 heterocycles. The number of rotatable bonds is 3. The summed E-state index contributed by atoms with van der Waals surface area (Å²) < 4.78 is 10.3. The number of nitrogens with two attached hydrogens (primary N) is 1. The van der Waals surface area contributed by atoms with Crippen molar-refractivity contribution in [3.05, 3.63) is 37.6 Å². The molecule has 7 nitrogen and oxygen atoms in total. The summed E-state index contributed by atoms with van der Waals surface area (Å²) in [6.45, 7) is 0. The molecule has 24 heavy (non-hydrogen) atoms. The van der Waals surface area contributed by atoms with E-state index in [0.29, 0.717) is 0 Å². The van der Waals surface area contributed by atoms with E-state index in [1.54, 1.807) is 6.07 Å². The summed E-state index contributed by atoms with van der Waals surface area (Å²) in [5, 5.41) is 18.7. The minimum atomic E-state index is -0.758. The largest absolute Gasteiger partial charge is 0.493 e. The number of aromatic amines is 1. The highest BCUT2D eigenvalue weighted by Gasteiger charge is 2.26. The first-order chi connectivity index (χ1) is 11.4. The van der Waals surface area contributed by atoms with Gasteiger partial charge in [0.25, 0.3) is 5.56 Å². The maximum absolute atomic E-state index is 12.0. The van der Waals surface area contributed by atoms with Crippen molar-refractivity contribution in [1.29, 1.82) is 10.5 Å². The molecule has 0 bridgehead atoms. The molecule has 0 saturated carbocycles. The Hall–Kier alpha value is -2.87. The van der Waals surface area contributed by atoms with Crippen LogP contribution in [-0.4, -0.2) is 19.2 Å². The summed E-state index contributed by atoms with van der Waals surface area (Å²) >= 11 is 12.6. The number of aromatic nitrogens is 1. The van der Waals surface area contributed by atoms with Crippen molar-refractivity contribution < 1.29 is 9.47 Å². The molecule has 0 amide bonds. The number of pyridine rings is 1. The lowest BCUT2D eigenvalue weighted by Gasteiger charge is -2.16. The van der Waals surface area contributed by atoms with Crippen LogP contribution in [0.15, 0.2) is 10.9 Å². The molecule has 0 aliphatic rings. The van der Waals surface area contributed by atoms with Gasteiger partial charge in [-0.15, -0.1) is 0 Å². The highest BCUT2D eigenvalue weighted by Crippen LogP contribution is 2.47.